The molecule has 1 unspecified atom stereocenters. The molecule has 80 valence electrons. The first-order chi connectivity index (χ1) is 7.20. The minimum absolute atomic E-state index is 0.132. The first-order valence-corrected chi connectivity index (χ1v) is 5.16. The molecule has 1 amide bonds. The molecule has 1 saturated heterocycles. The molecule has 0 spiro atoms. The molecule has 3 nitrogen and oxygen atoms in total. The third-order valence-electron chi connectivity index (χ3n) is 3.09. The Labute approximate surface area is 89.4 Å². The molecular weight excluding hydrogens is 190 g/mol. The topological polar surface area (TPSA) is 38.3 Å². The normalized spacial score (nSPS) is 24.3. The van der Waals surface area contributed by atoms with E-state index >= 15 is 0 Å². The van der Waals surface area contributed by atoms with Crippen molar-refractivity contribution in [2.24, 2.45) is 0 Å². The van der Waals surface area contributed by atoms with E-state index in [1.54, 1.807) is 7.11 Å². The molecule has 1 atom stereocenters. The van der Waals surface area contributed by atoms with E-state index in [0.29, 0.717) is 6.42 Å². The van der Waals surface area contributed by atoms with Gasteiger partial charge in [0.1, 0.15) is 5.75 Å². The minimum atomic E-state index is -0.136. The van der Waals surface area contributed by atoms with Crippen LogP contribution in [0.1, 0.15) is 25.3 Å². The molecule has 0 aliphatic carbocycles. The molecule has 1 aliphatic heterocycles. The highest BCUT2D eigenvalue weighted by molar-refractivity contribution is 5.85. The highest BCUT2D eigenvalue weighted by Crippen LogP contribution is 2.35. The lowest BCUT2D eigenvalue weighted by Crippen LogP contribution is -2.57. The Balaban J connectivity index is 2.24. The molecule has 0 aromatic heterocycles. The van der Waals surface area contributed by atoms with Crippen molar-refractivity contribution in [3.05, 3.63) is 29.8 Å². The molecule has 1 heterocycles. The Hall–Kier alpha value is -1.51. The smallest absolute Gasteiger partial charge is 0.223 e. The number of β-lactam (4-membered cyclic amide) rings is 1. The zero-order valence-corrected chi connectivity index (χ0v) is 9.04. The summed E-state index contributed by atoms with van der Waals surface area (Å²) in [5.41, 5.74) is 1.02. The number of benzene rings is 1. The van der Waals surface area contributed by atoms with Gasteiger partial charge in [-0.25, -0.2) is 0 Å². The minimum Gasteiger partial charge on any atom is -0.497 e. The SMILES string of the molecule is CCC1(c2ccc(OC)cc2)CC(=O)N1. The van der Waals surface area contributed by atoms with Crippen LogP contribution < -0.4 is 10.1 Å². The monoisotopic (exact) mass is 205 g/mol. The first-order valence-electron chi connectivity index (χ1n) is 5.16. The lowest BCUT2D eigenvalue weighted by atomic mass is 9.78. The van der Waals surface area contributed by atoms with Gasteiger partial charge in [-0.1, -0.05) is 19.1 Å². The van der Waals surface area contributed by atoms with E-state index in [9.17, 15) is 4.79 Å². The maximum atomic E-state index is 11.0. The van der Waals surface area contributed by atoms with Gasteiger partial charge >= 0.3 is 0 Å². The van der Waals surface area contributed by atoms with E-state index in [0.717, 1.165) is 17.7 Å². The summed E-state index contributed by atoms with van der Waals surface area (Å²) in [6.07, 6.45) is 1.51. The number of carbonyl (C=O) groups excluding carboxylic acids is 1. The van der Waals surface area contributed by atoms with Crippen LogP contribution in [0.25, 0.3) is 0 Å². The standard InChI is InChI=1S/C12H15NO2/c1-3-12(8-11(14)13-12)9-4-6-10(15-2)7-5-9/h4-7H,3,8H2,1-2H3,(H,13,14). The molecule has 0 radical (unpaired) electrons. The van der Waals surface area contributed by atoms with Crippen LogP contribution in [-0.4, -0.2) is 13.0 Å². The van der Waals surface area contributed by atoms with Gasteiger partial charge in [-0.2, -0.15) is 0 Å². The van der Waals surface area contributed by atoms with Gasteiger partial charge in [-0.3, -0.25) is 4.79 Å². The summed E-state index contributed by atoms with van der Waals surface area (Å²) in [6, 6.07) is 7.89. The fraction of sp³-hybridized carbons (Fsp3) is 0.417. The number of amides is 1. The van der Waals surface area contributed by atoms with Gasteiger partial charge in [0.25, 0.3) is 0 Å². The van der Waals surface area contributed by atoms with Crippen LogP contribution in [-0.2, 0) is 10.3 Å². The van der Waals surface area contributed by atoms with E-state index in [-0.39, 0.29) is 11.4 Å². The predicted molar refractivity (Wildman–Crippen MR) is 57.7 cm³/mol. The second-order valence-electron chi connectivity index (χ2n) is 3.89. The highest BCUT2D eigenvalue weighted by Gasteiger charge is 2.42. The lowest BCUT2D eigenvalue weighted by molar-refractivity contribution is -0.133. The quantitative estimate of drug-likeness (QED) is 0.764. The molecule has 1 N–H and O–H groups in total. The van der Waals surface area contributed by atoms with Crippen LogP contribution in [0.4, 0.5) is 0 Å². The molecule has 0 saturated carbocycles. The number of ether oxygens (including phenoxy) is 1. The van der Waals surface area contributed by atoms with Crippen LogP contribution in [0.15, 0.2) is 24.3 Å². The number of nitrogens with one attached hydrogen (secondary N) is 1. The predicted octanol–water partition coefficient (Wildman–Crippen LogP) is 1.82. The van der Waals surface area contributed by atoms with Crippen molar-refractivity contribution in [2.45, 2.75) is 25.3 Å². The fourth-order valence-electron chi connectivity index (χ4n) is 2.02. The molecule has 1 aromatic rings. The summed E-state index contributed by atoms with van der Waals surface area (Å²) >= 11 is 0. The van der Waals surface area contributed by atoms with Crippen molar-refractivity contribution >= 4 is 5.91 Å². The van der Waals surface area contributed by atoms with Gasteiger partial charge in [0, 0.05) is 0 Å². The van der Waals surface area contributed by atoms with Gasteiger partial charge in [-0.15, -0.1) is 0 Å². The highest BCUT2D eigenvalue weighted by atomic mass is 16.5. The average Bonchev–Trinajstić information content (AvgIpc) is 2.25. The maximum Gasteiger partial charge on any atom is 0.223 e. The van der Waals surface area contributed by atoms with Crippen LogP contribution >= 0.6 is 0 Å². The maximum absolute atomic E-state index is 11.0. The molecular formula is C12H15NO2. The van der Waals surface area contributed by atoms with Crippen molar-refractivity contribution in [3.63, 3.8) is 0 Å². The zero-order chi connectivity index (χ0) is 10.9. The third-order valence-corrected chi connectivity index (χ3v) is 3.09. The van der Waals surface area contributed by atoms with Crippen LogP contribution in [0.3, 0.4) is 0 Å². The molecule has 15 heavy (non-hydrogen) atoms. The summed E-state index contributed by atoms with van der Waals surface area (Å²) in [5.74, 6) is 0.975. The Morgan fingerprint density at radius 1 is 1.40 bits per heavy atom. The summed E-state index contributed by atoms with van der Waals surface area (Å²) in [7, 11) is 1.65. The number of methoxy groups -OCH3 is 1. The van der Waals surface area contributed by atoms with Gasteiger partial charge in [-0.05, 0) is 24.1 Å². The number of carbonyl (C=O) groups is 1. The van der Waals surface area contributed by atoms with E-state index in [4.69, 9.17) is 4.74 Å². The van der Waals surface area contributed by atoms with Crippen LogP contribution in [0.2, 0.25) is 0 Å². The molecule has 1 fully saturated rings. The van der Waals surface area contributed by atoms with Gasteiger partial charge < -0.3 is 10.1 Å². The van der Waals surface area contributed by atoms with Gasteiger partial charge in [0.15, 0.2) is 0 Å². The van der Waals surface area contributed by atoms with Gasteiger partial charge in [0.2, 0.25) is 5.91 Å². The number of hydrogen-bond donors (Lipinski definition) is 1. The van der Waals surface area contributed by atoms with Crippen LogP contribution in [0.5, 0.6) is 5.75 Å². The number of rotatable bonds is 3. The van der Waals surface area contributed by atoms with Crippen molar-refractivity contribution in [2.75, 3.05) is 7.11 Å². The summed E-state index contributed by atoms with van der Waals surface area (Å²) < 4.78 is 5.10. The summed E-state index contributed by atoms with van der Waals surface area (Å²) in [4.78, 5) is 11.0. The van der Waals surface area contributed by atoms with E-state index in [1.165, 1.54) is 0 Å². The summed E-state index contributed by atoms with van der Waals surface area (Å²) in [5, 5.41) is 2.98. The molecule has 1 aromatic carbocycles. The van der Waals surface area contributed by atoms with Crippen molar-refractivity contribution < 1.29 is 9.53 Å². The van der Waals surface area contributed by atoms with Gasteiger partial charge in [0.05, 0.1) is 19.1 Å². The lowest BCUT2D eigenvalue weighted by Gasteiger charge is -2.42. The first kappa shape index (κ1) is 10.0. The van der Waals surface area contributed by atoms with E-state index in [2.05, 4.69) is 12.2 Å². The molecule has 1 aliphatic rings. The third kappa shape index (κ3) is 1.58. The van der Waals surface area contributed by atoms with Crippen molar-refractivity contribution in [1.82, 2.24) is 5.32 Å². The van der Waals surface area contributed by atoms with E-state index < -0.39 is 0 Å². The number of hydrogen-bond acceptors (Lipinski definition) is 2. The largest absolute Gasteiger partial charge is 0.497 e. The molecule has 2 rings (SSSR count). The Morgan fingerprint density at radius 3 is 2.40 bits per heavy atom. The Morgan fingerprint density at radius 2 is 2.00 bits per heavy atom. The fourth-order valence-corrected chi connectivity index (χ4v) is 2.02. The van der Waals surface area contributed by atoms with Crippen molar-refractivity contribution in [3.8, 4) is 5.75 Å². The van der Waals surface area contributed by atoms with Crippen LogP contribution in [0, 0.1) is 0 Å². The van der Waals surface area contributed by atoms with E-state index in [1.807, 2.05) is 24.3 Å². The zero-order valence-electron chi connectivity index (χ0n) is 9.04. The Kier molecular flexibility index (Phi) is 2.39. The second kappa shape index (κ2) is 3.57. The average molecular weight is 205 g/mol. The molecule has 3 heteroatoms. The Bertz CT molecular complexity index is 362. The second-order valence-corrected chi connectivity index (χ2v) is 3.89. The summed E-state index contributed by atoms with van der Waals surface area (Å²) in [6.45, 7) is 2.09. The molecule has 0 bridgehead atoms. The van der Waals surface area contributed by atoms with Crippen molar-refractivity contribution in [1.29, 1.82) is 0 Å².